The zero-order valence-electron chi connectivity index (χ0n) is 8.71. The summed E-state index contributed by atoms with van der Waals surface area (Å²) in [6.07, 6.45) is 3.41. The second-order valence-corrected chi connectivity index (χ2v) is 5.02. The summed E-state index contributed by atoms with van der Waals surface area (Å²) < 4.78 is 6.40. The van der Waals surface area contributed by atoms with E-state index in [9.17, 15) is 0 Å². The van der Waals surface area contributed by atoms with E-state index in [2.05, 4.69) is 28.1 Å². The van der Waals surface area contributed by atoms with E-state index < -0.39 is 0 Å². The van der Waals surface area contributed by atoms with E-state index >= 15 is 0 Å². The highest BCUT2D eigenvalue weighted by Crippen LogP contribution is 2.25. The third-order valence-electron chi connectivity index (χ3n) is 2.96. The lowest BCUT2D eigenvalue weighted by Crippen LogP contribution is -2.18. The molecule has 2 N–H and O–H groups in total. The minimum absolute atomic E-state index is 0.738. The summed E-state index contributed by atoms with van der Waals surface area (Å²) >= 11 is 3.42. The maximum Gasteiger partial charge on any atom is 0.0468 e. The van der Waals surface area contributed by atoms with E-state index in [0.29, 0.717) is 0 Å². The molecule has 1 aromatic rings. The first-order valence-corrected chi connectivity index (χ1v) is 6.16. The Hall–Kier alpha value is -0.540. The largest absolute Gasteiger partial charge is 0.398 e. The van der Waals surface area contributed by atoms with Gasteiger partial charge in [-0.1, -0.05) is 22.0 Å². The molecule has 0 aliphatic carbocycles. The molecule has 1 aliphatic heterocycles. The van der Waals surface area contributed by atoms with Crippen molar-refractivity contribution in [3.8, 4) is 0 Å². The molecule has 0 spiro atoms. The first-order valence-electron chi connectivity index (χ1n) is 5.37. The van der Waals surface area contributed by atoms with E-state index in [1.807, 2.05) is 6.07 Å². The minimum atomic E-state index is 0.738. The molecule has 2 rings (SSSR count). The van der Waals surface area contributed by atoms with Gasteiger partial charge in [0.15, 0.2) is 0 Å². The third-order valence-corrected chi connectivity index (χ3v) is 3.45. The Balaban J connectivity index is 2.03. The van der Waals surface area contributed by atoms with Crippen molar-refractivity contribution in [3.63, 3.8) is 0 Å². The number of nitrogens with two attached hydrogens (primary N) is 1. The van der Waals surface area contributed by atoms with Crippen molar-refractivity contribution in [1.29, 1.82) is 0 Å². The highest BCUT2D eigenvalue weighted by Gasteiger charge is 2.15. The Morgan fingerprint density at radius 3 is 2.73 bits per heavy atom. The SMILES string of the molecule is Nc1cc(Br)ccc1CC1CCOCC1. The zero-order valence-corrected chi connectivity index (χ0v) is 10.3. The van der Waals surface area contributed by atoms with E-state index in [1.165, 1.54) is 5.56 Å². The van der Waals surface area contributed by atoms with Crippen LogP contribution in [0.3, 0.4) is 0 Å². The summed E-state index contributed by atoms with van der Waals surface area (Å²) in [6, 6.07) is 6.16. The molecule has 0 radical (unpaired) electrons. The van der Waals surface area contributed by atoms with Crippen LogP contribution in [0.4, 0.5) is 5.69 Å². The molecule has 3 heteroatoms. The van der Waals surface area contributed by atoms with Gasteiger partial charge < -0.3 is 10.5 Å². The summed E-state index contributed by atoms with van der Waals surface area (Å²) in [6.45, 7) is 1.81. The van der Waals surface area contributed by atoms with Gasteiger partial charge in [0.25, 0.3) is 0 Å². The molecule has 1 heterocycles. The van der Waals surface area contributed by atoms with E-state index in [1.54, 1.807) is 0 Å². The molecule has 1 aliphatic rings. The lowest BCUT2D eigenvalue weighted by Gasteiger charge is -2.22. The van der Waals surface area contributed by atoms with E-state index in [0.717, 1.165) is 48.6 Å². The number of halogens is 1. The third kappa shape index (κ3) is 2.95. The number of ether oxygens (including phenoxy) is 1. The molecule has 0 atom stereocenters. The van der Waals surface area contributed by atoms with Crippen molar-refractivity contribution in [2.75, 3.05) is 18.9 Å². The van der Waals surface area contributed by atoms with Crippen LogP contribution in [0.5, 0.6) is 0 Å². The molecule has 82 valence electrons. The Kier molecular flexibility index (Phi) is 3.65. The van der Waals surface area contributed by atoms with Gasteiger partial charge >= 0.3 is 0 Å². The summed E-state index contributed by atoms with van der Waals surface area (Å²) in [5, 5.41) is 0. The fraction of sp³-hybridized carbons (Fsp3) is 0.500. The molecule has 1 saturated heterocycles. The normalized spacial score (nSPS) is 17.9. The number of nitrogen functional groups attached to an aromatic ring is 1. The number of benzene rings is 1. The number of hydrogen-bond acceptors (Lipinski definition) is 2. The molecule has 2 nitrogen and oxygen atoms in total. The summed E-state index contributed by atoms with van der Waals surface area (Å²) in [4.78, 5) is 0. The van der Waals surface area contributed by atoms with Crippen molar-refractivity contribution in [1.82, 2.24) is 0 Å². The van der Waals surface area contributed by atoms with Crippen LogP contribution in [0.15, 0.2) is 22.7 Å². The van der Waals surface area contributed by atoms with Gasteiger partial charge in [0, 0.05) is 23.4 Å². The molecular weight excluding hydrogens is 254 g/mol. The highest BCUT2D eigenvalue weighted by atomic mass is 79.9. The van der Waals surface area contributed by atoms with Gasteiger partial charge in [-0.25, -0.2) is 0 Å². The van der Waals surface area contributed by atoms with Gasteiger partial charge in [-0.15, -0.1) is 0 Å². The first kappa shape index (κ1) is 11.0. The molecule has 15 heavy (non-hydrogen) atoms. The number of hydrogen-bond donors (Lipinski definition) is 1. The Labute approximate surface area is 98.9 Å². The number of anilines is 1. The van der Waals surface area contributed by atoms with Gasteiger partial charge in [0.2, 0.25) is 0 Å². The van der Waals surface area contributed by atoms with Crippen LogP contribution < -0.4 is 5.73 Å². The van der Waals surface area contributed by atoms with Crippen LogP contribution in [-0.4, -0.2) is 13.2 Å². The first-order chi connectivity index (χ1) is 7.25. The average molecular weight is 270 g/mol. The van der Waals surface area contributed by atoms with E-state index in [-0.39, 0.29) is 0 Å². The monoisotopic (exact) mass is 269 g/mol. The molecule has 1 fully saturated rings. The summed E-state index contributed by atoms with van der Waals surface area (Å²) in [7, 11) is 0. The van der Waals surface area contributed by atoms with Gasteiger partial charge in [-0.05, 0) is 42.9 Å². The molecule has 0 amide bonds. The molecule has 1 aromatic carbocycles. The predicted molar refractivity (Wildman–Crippen MR) is 65.8 cm³/mol. The Morgan fingerprint density at radius 1 is 1.33 bits per heavy atom. The van der Waals surface area contributed by atoms with Crippen molar-refractivity contribution in [2.45, 2.75) is 19.3 Å². The van der Waals surface area contributed by atoms with Gasteiger partial charge in [0.1, 0.15) is 0 Å². The van der Waals surface area contributed by atoms with Gasteiger partial charge in [-0.2, -0.15) is 0 Å². The van der Waals surface area contributed by atoms with Gasteiger partial charge in [0.05, 0.1) is 0 Å². The predicted octanol–water partition coefficient (Wildman–Crippen LogP) is 3.00. The van der Waals surface area contributed by atoms with E-state index in [4.69, 9.17) is 10.5 Å². The van der Waals surface area contributed by atoms with Crippen LogP contribution in [0.2, 0.25) is 0 Å². The number of rotatable bonds is 2. The average Bonchev–Trinajstić information content (AvgIpc) is 2.24. The topological polar surface area (TPSA) is 35.2 Å². The van der Waals surface area contributed by atoms with Gasteiger partial charge in [-0.3, -0.25) is 0 Å². The standard InChI is InChI=1S/C12H16BrNO/c13-11-2-1-10(12(14)8-11)7-9-3-5-15-6-4-9/h1-2,8-9H,3-7,14H2. The highest BCUT2D eigenvalue weighted by molar-refractivity contribution is 9.10. The Morgan fingerprint density at radius 2 is 2.07 bits per heavy atom. The molecule has 0 unspecified atom stereocenters. The maximum atomic E-state index is 5.98. The molecular formula is C12H16BrNO. The van der Waals surface area contributed by atoms with Crippen LogP contribution >= 0.6 is 15.9 Å². The van der Waals surface area contributed by atoms with Crippen molar-refractivity contribution in [3.05, 3.63) is 28.2 Å². The summed E-state index contributed by atoms with van der Waals surface area (Å²) in [5.74, 6) is 0.738. The van der Waals surface area contributed by atoms with Crippen LogP contribution in [0.1, 0.15) is 18.4 Å². The van der Waals surface area contributed by atoms with Crippen molar-refractivity contribution < 1.29 is 4.74 Å². The fourth-order valence-corrected chi connectivity index (χ4v) is 2.39. The lowest BCUT2D eigenvalue weighted by atomic mass is 9.92. The van der Waals surface area contributed by atoms with Crippen LogP contribution in [0, 0.1) is 5.92 Å². The van der Waals surface area contributed by atoms with Crippen LogP contribution in [-0.2, 0) is 11.2 Å². The Bertz CT molecular complexity index is 334. The quantitative estimate of drug-likeness (QED) is 0.838. The second kappa shape index (κ2) is 4.99. The van der Waals surface area contributed by atoms with Crippen LogP contribution in [0.25, 0.3) is 0 Å². The smallest absolute Gasteiger partial charge is 0.0468 e. The zero-order chi connectivity index (χ0) is 10.7. The minimum Gasteiger partial charge on any atom is -0.398 e. The maximum absolute atomic E-state index is 5.98. The molecule has 0 bridgehead atoms. The second-order valence-electron chi connectivity index (χ2n) is 4.10. The molecule has 0 saturated carbocycles. The lowest BCUT2D eigenvalue weighted by molar-refractivity contribution is 0.0666. The van der Waals surface area contributed by atoms with Crippen molar-refractivity contribution in [2.24, 2.45) is 5.92 Å². The van der Waals surface area contributed by atoms with Crippen molar-refractivity contribution >= 4 is 21.6 Å². The fourth-order valence-electron chi connectivity index (χ4n) is 2.01. The summed E-state index contributed by atoms with van der Waals surface area (Å²) in [5.41, 5.74) is 8.14. The molecule has 0 aromatic heterocycles.